The highest BCUT2D eigenvalue weighted by Gasteiger charge is 2.36. The molecule has 3 unspecified atom stereocenters. The van der Waals surface area contributed by atoms with Gasteiger partial charge in [-0.1, -0.05) is 30.3 Å². The highest BCUT2D eigenvalue weighted by atomic mass is 15.3. The van der Waals surface area contributed by atoms with Crippen LogP contribution in [0.4, 0.5) is 0 Å². The van der Waals surface area contributed by atoms with Crippen LogP contribution in [0.25, 0.3) is 0 Å². The number of piperidine rings is 3. The number of benzene rings is 1. The molecule has 5 nitrogen and oxygen atoms in total. The summed E-state index contributed by atoms with van der Waals surface area (Å²) in [6.07, 6.45) is 6.58. The van der Waals surface area contributed by atoms with Crippen molar-refractivity contribution in [2.45, 2.75) is 51.6 Å². The summed E-state index contributed by atoms with van der Waals surface area (Å²) in [4.78, 5) is 12.9. The number of likely N-dealkylation sites (tertiary alicyclic amines) is 3. The Kier molecular flexibility index (Phi) is 7.67. The Morgan fingerprint density at radius 1 is 1.03 bits per heavy atom. The fourth-order valence-electron chi connectivity index (χ4n) is 5.78. The lowest BCUT2D eigenvalue weighted by Crippen LogP contribution is -2.56. The molecule has 0 aliphatic carbocycles. The van der Waals surface area contributed by atoms with Crippen LogP contribution < -0.4 is 5.32 Å². The maximum absolute atomic E-state index is 5.11. The van der Waals surface area contributed by atoms with Crippen LogP contribution in [0, 0.1) is 11.8 Å². The Labute approximate surface area is 183 Å². The molecule has 3 fully saturated rings. The van der Waals surface area contributed by atoms with Gasteiger partial charge in [-0.25, -0.2) is 0 Å². The van der Waals surface area contributed by atoms with E-state index in [1.165, 1.54) is 57.3 Å². The molecule has 0 bridgehead atoms. The highest BCUT2D eigenvalue weighted by molar-refractivity contribution is 5.80. The normalized spacial score (nSPS) is 28.9. The minimum atomic E-state index is 0.714. The number of fused-ring (bicyclic) bond motifs is 1. The summed E-state index contributed by atoms with van der Waals surface area (Å²) in [6, 6.07) is 11.7. The van der Waals surface area contributed by atoms with Crippen LogP contribution in [0.2, 0.25) is 0 Å². The summed E-state index contributed by atoms with van der Waals surface area (Å²) >= 11 is 0. The van der Waals surface area contributed by atoms with E-state index in [9.17, 15) is 0 Å². The minimum Gasteiger partial charge on any atom is -0.357 e. The first-order valence-electron chi connectivity index (χ1n) is 12.2. The van der Waals surface area contributed by atoms with Gasteiger partial charge in [-0.2, -0.15) is 0 Å². The number of nitrogens with one attached hydrogen (secondary N) is 1. The molecular weight excluding hydrogens is 370 g/mol. The van der Waals surface area contributed by atoms with Gasteiger partial charge < -0.3 is 15.1 Å². The molecule has 0 radical (unpaired) electrons. The van der Waals surface area contributed by atoms with Crippen molar-refractivity contribution in [1.29, 1.82) is 0 Å². The average molecular weight is 412 g/mol. The summed E-state index contributed by atoms with van der Waals surface area (Å²) in [5.74, 6) is 2.64. The maximum atomic E-state index is 5.11. The van der Waals surface area contributed by atoms with Crippen LogP contribution in [-0.4, -0.2) is 79.6 Å². The zero-order valence-electron chi connectivity index (χ0n) is 19.1. The van der Waals surface area contributed by atoms with Gasteiger partial charge >= 0.3 is 0 Å². The third-order valence-electron chi connectivity index (χ3n) is 7.27. The monoisotopic (exact) mass is 411 g/mol. The van der Waals surface area contributed by atoms with Gasteiger partial charge in [0.05, 0.1) is 0 Å². The number of hydrogen-bond donors (Lipinski definition) is 1. The molecular formula is C25H41N5. The molecule has 0 aromatic heterocycles. The molecule has 0 spiro atoms. The largest absolute Gasteiger partial charge is 0.357 e. The standard InChI is InChI=1S/C25H41N5/c1-3-26-25(27-17-22-11-7-14-28(2)18-22)30-16-13-24-23(20-30)12-8-15-29(24)19-21-9-5-4-6-10-21/h4-6,9-10,22-24H,3,7-8,11-20H2,1-2H3,(H,26,27). The molecule has 1 N–H and O–H groups in total. The fourth-order valence-corrected chi connectivity index (χ4v) is 5.78. The molecule has 4 rings (SSSR count). The molecule has 1 aromatic rings. The summed E-state index contributed by atoms with van der Waals surface area (Å²) in [5, 5.41) is 3.60. The molecule has 0 saturated carbocycles. The van der Waals surface area contributed by atoms with Gasteiger partial charge in [0, 0.05) is 45.3 Å². The van der Waals surface area contributed by atoms with E-state index in [1.807, 2.05) is 0 Å². The number of aliphatic imine (C=N–C) groups is 1. The van der Waals surface area contributed by atoms with Crippen LogP contribution in [-0.2, 0) is 6.54 Å². The fraction of sp³-hybridized carbons (Fsp3) is 0.720. The van der Waals surface area contributed by atoms with Crippen molar-refractivity contribution in [3.8, 4) is 0 Å². The number of guanidine groups is 1. The van der Waals surface area contributed by atoms with Gasteiger partial charge in [0.1, 0.15) is 0 Å². The van der Waals surface area contributed by atoms with Crippen LogP contribution in [0.1, 0.15) is 44.6 Å². The quantitative estimate of drug-likeness (QED) is 0.596. The van der Waals surface area contributed by atoms with Crippen molar-refractivity contribution < 1.29 is 0 Å². The first-order valence-corrected chi connectivity index (χ1v) is 12.2. The predicted octanol–water partition coefficient (Wildman–Crippen LogP) is 3.28. The van der Waals surface area contributed by atoms with E-state index in [2.05, 4.69) is 64.3 Å². The molecule has 3 heterocycles. The lowest BCUT2D eigenvalue weighted by atomic mass is 9.83. The SMILES string of the molecule is CCNC(=NCC1CCCN(C)C1)N1CCC2C(CCCN2Cc2ccccc2)C1. The van der Waals surface area contributed by atoms with E-state index in [0.29, 0.717) is 5.92 Å². The zero-order chi connectivity index (χ0) is 20.8. The minimum absolute atomic E-state index is 0.714. The second-order valence-electron chi connectivity index (χ2n) is 9.63. The van der Waals surface area contributed by atoms with Crippen LogP contribution in [0.15, 0.2) is 35.3 Å². The van der Waals surface area contributed by atoms with Crippen LogP contribution in [0.5, 0.6) is 0 Å². The molecule has 3 atom stereocenters. The topological polar surface area (TPSA) is 34.1 Å². The summed E-state index contributed by atoms with van der Waals surface area (Å²) in [5.41, 5.74) is 1.45. The van der Waals surface area contributed by atoms with Crippen molar-refractivity contribution in [3.05, 3.63) is 35.9 Å². The Bertz CT molecular complexity index is 675. The number of rotatable bonds is 5. The lowest BCUT2D eigenvalue weighted by molar-refractivity contribution is 0.0372. The third kappa shape index (κ3) is 5.55. The van der Waals surface area contributed by atoms with Crippen molar-refractivity contribution in [3.63, 3.8) is 0 Å². The molecule has 3 aliphatic rings. The molecule has 3 aliphatic heterocycles. The average Bonchev–Trinajstić information content (AvgIpc) is 2.77. The van der Waals surface area contributed by atoms with E-state index in [4.69, 9.17) is 4.99 Å². The van der Waals surface area contributed by atoms with Gasteiger partial charge in [0.15, 0.2) is 5.96 Å². The van der Waals surface area contributed by atoms with E-state index < -0.39 is 0 Å². The predicted molar refractivity (Wildman–Crippen MR) is 126 cm³/mol. The summed E-state index contributed by atoms with van der Waals surface area (Å²) in [6.45, 7) is 11.2. The Balaban J connectivity index is 1.37. The summed E-state index contributed by atoms with van der Waals surface area (Å²) in [7, 11) is 2.25. The van der Waals surface area contributed by atoms with Crippen LogP contribution >= 0.6 is 0 Å². The summed E-state index contributed by atoms with van der Waals surface area (Å²) < 4.78 is 0. The second-order valence-corrected chi connectivity index (χ2v) is 9.63. The number of nitrogens with zero attached hydrogens (tertiary/aromatic N) is 4. The molecule has 3 saturated heterocycles. The Morgan fingerprint density at radius 2 is 1.87 bits per heavy atom. The smallest absolute Gasteiger partial charge is 0.193 e. The van der Waals surface area contributed by atoms with E-state index in [0.717, 1.165) is 50.6 Å². The van der Waals surface area contributed by atoms with Crippen LogP contribution in [0.3, 0.4) is 0 Å². The van der Waals surface area contributed by atoms with Crippen molar-refractivity contribution in [2.75, 3.05) is 52.9 Å². The molecule has 0 amide bonds. The third-order valence-corrected chi connectivity index (χ3v) is 7.27. The van der Waals surface area contributed by atoms with Gasteiger partial charge in [0.2, 0.25) is 0 Å². The van der Waals surface area contributed by atoms with Gasteiger partial charge in [-0.3, -0.25) is 9.89 Å². The first kappa shape index (κ1) is 21.6. The molecule has 1 aromatic carbocycles. The maximum Gasteiger partial charge on any atom is 0.193 e. The van der Waals surface area contributed by atoms with E-state index in [1.54, 1.807) is 0 Å². The second kappa shape index (κ2) is 10.6. The van der Waals surface area contributed by atoms with E-state index in [-0.39, 0.29) is 0 Å². The highest BCUT2D eigenvalue weighted by Crippen LogP contribution is 2.31. The van der Waals surface area contributed by atoms with Gasteiger partial charge in [-0.15, -0.1) is 0 Å². The van der Waals surface area contributed by atoms with Crippen molar-refractivity contribution in [1.82, 2.24) is 20.0 Å². The lowest BCUT2D eigenvalue weighted by Gasteiger charge is -2.48. The molecule has 30 heavy (non-hydrogen) atoms. The Hall–Kier alpha value is -1.59. The Morgan fingerprint density at radius 3 is 2.67 bits per heavy atom. The number of hydrogen-bond acceptors (Lipinski definition) is 3. The zero-order valence-corrected chi connectivity index (χ0v) is 19.1. The molecule has 5 heteroatoms. The van der Waals surface area contributed by atoms with Gasteiger partial charge in [-0.05, 0) is 76.6 Å². The van der Waals surface area contributed by atoms with Gasteiger partial charge in [0.25, 0.3) is 0 Å². The van der Waals surface area contributed by atoms with E-state index >= 15 is 0 Å². The van der Waals surface area contributed by atoms with Crippen molar-refractivity contribution >= 4 is 5.96 Å². The van der Waals surface area contributed by atoms with Crippen molar-refractivity contribution in [2.24, 2.45) is 16.8 Å². The molecule has 166 valence electrons. The first-order chi connectivity index (χ1) is 14.7.